The van der Waals surface area contributed by atoms with Crippen LogP contribution in [-0.2, 0) is 6.54 Å². The summed E-state index contributed by atoms with van der Waals surface area (Å²) in [5, 5.41) is 6.53. The van der Waals surface area contributed by atoms with Gasteiger partial charge in [0.05, 0.1) is 0 Å². The Bertz CT molecular complexity index is 498. The number of rotatable bonds is 8. The van der Waals surface area contributed by atoms with Gasteiger partial charge < -0.3 is 15.5 Å². The third kappa shape index (κ3) is 6.52. The molecule has 128 valence electrons. The molecule has 0 saturated heterocycles. The second-order valence-electron chi connectivity index (χ2n) is 5.02. The van der Waals surface area contributed by atoms with Crippen LogP contribution in [0.5, 0.6) is 0 Å². The van der Waals surface area contributed by atoms with Gasteiger partial charge in [0.1, 0.15) is 0 Å². The third-order valence-electron chi connectivity index (χ3n) is 3.53. The largest absolute Gasteiger partial charge is 0.356 e. The lowest BCUT2D eigenvalue weighted by Crippen LogP contribution is -2.37. The van der Waals surface area contributed by atoms with E-state index in [1.54, 1.807) is 18.8 Å². The fourth-order valence-electron chi connectivity index (χ4n) is 2.14. The molecule has 0 bridgehead atoms. The van der Waals surface area contributed by atoms with E-state index in [1.807, 2.05) is 43.0 Å². The van der Waals surface area contributed by atoms with Crippen LogP contribution in [0.3, 0.4) is 0 Å². The summed E-state index contributed by atoms with van der Waals surface area (Å²) in [6, 6.07) is 7.75. The zero-order valence-electron chi connectivity index (χ0n) is 14.6. The maximum atomic E-state index is 12.3. The summed E-state index contributed by atoms with van der Waals surface area (Å²) in [4.78, 5) is 18.3. The minimum atomic E-state index is 0.0871. The van der Waals surface area contributed by atoms with Crippen LogP contribution in [-0.4, -0.2) is 55.5 Å². The topological polar surface area (TPSA) is 56.7 Å². The molecule has 1 aromatic carbocycles. The van der Waals surface area contributed by atoms with E-state index in [-0.39, 0.29) is 5.91 Å². The molecule has 0 atom stereocenters. The molecule has 5 nitrogen and oxygen atoms in total. The molecule has 0 spiro atoms. The lowest BCUT2D eigenvalue weighted by molar-refractivity contribution is 0.0773. The van der Waals surface area contributed by atoms with E-state index >= 15 is 0 Å². The van der Waals surface area contributed by atoms with Crippen molar-refractivity contribution in [1.29, 1.82) is 0 Å². The lowest BCUT2D eigenvalue weighted by Gasteiger charge is -2.18. The van der Waals surface area contributed by atoms with Gasteiger partial charge in [0, 0.05) is 44.5 Å². The van der Waals surface area contributed by atoms with E-state index in [4.69, 9.17) is 0 Å². The van der Waals surface area contributed by atoms with Gasteiger partial charge >= 0.3 is 0 Å². The van der Waals surface area contributed by atoms with Crippen molar-refractivity contribution in [3.8, 4) is 0 Å². The Morgan fingerprint density at radius 1 is 1.17 bits per heavy atom. The number of guanidine groups is 1. The van der Waals surface area contributed by atoms with E-state index in [2.05, 4.69) is 21.9 Å². The maximum Gasteiger partial charge on any atom is 0.253 e. The second kappa shape index (κ2) is 10.9. The molecule has 0 aliphatic carbocycles. The summed E-state index contributed by atoms with van der Waals surface area (Å²) in [7, 11) is 1.76. The van der Waals surface area contributed by atoms with Gasteiger partial charge in [-0.2, -0.15) is 11.8 Å². The normalized spacial score (nSPS) is 11.2. The van der Waals surface area contributed by atoms with Crippen molar-refractivity contribution < 1.29 is 4.79 Å². The van der Waals surface area contributed by atoms with Crippen LogP contribution in [0, 0.1) is 0 Å². The minimum absolute atomic E-state index is 0.0871. The molecular weight excluding hydrogens is 308 g/mol. The standard InChI is InChI=1S/C17H28N4OS/c1-5-21(6-2)16(22)15-9-7-14(8-10-15)13-20-17(18-3)19-11-12-23-4/h7-10H,5-6,11-13H2,1-4H3,(H2,18,19,20). The molecule has 1 amide bonds. The lowest BCUT2D eigenvalue weighted by atomic mass is 10.1. The summed E-state index contributed by atoms with van der Waals surface area (Å²) in [6.07, 6.45) is 2.08. The highest BCUT2D eigenvalue weighted by atomic mass is 32.2. The van der Waals surface area contributed by atoms with Crippen LogP contribution >= 0.6 is 11.8 Å². The highest BCUT2D eigenvalue weighted by Crippen LogP contribution is 2.08. The first kappa shape index (κ1) is 19.4. The number of carbonyl (C=O) groups excluding carboxylic acids is 1. The number of nitrogens with zero attached hydrogens (tertiary/aromatic N) is 2. The van der Waals surface area contributed by atoms with Crippen molar-refractivity contribution in [2.45, 2.75) is 20.4 Å². The Morgan fingerprint density at radius 2 is 1.83 bits per heavy atom. The molecule has 1 rings (SSSR count). The van der Waals surface area contributed by atoms with Crippen molar-refractivity contribution in [2.75, 3.05) is 38.7 Å². The summed E-state index contributed by atoms with van der Waals surface area (Å²) in [6.45, 7) is 7.02. The Labute approximate surface area is 143 Å². The summed E-state index contributed by atoms with van der Waals surface area (Å²) in [5.74, 6) is 1.93. The molecule has 1 aromatic rings. The summed E-state index contributed by atoms with van der Waals surface area (Å²) >= 11 is 1.80. The molecule has 0 aromatic heterocycles. The smallest absolute Gasteiger partial charge is 0.253 e. The fourth-order valence-corrected chi connectivity index (χ4v) is 2.44. The number of aliphatic imine (C=N–C) groups is 1. The van der Waals surface area contributed by atoms with Crippen molar-refractivity contribution in [3.63, 3.8) is 0 Å². The third-order valence-corrected chi connectivity index (χ3v) is 4.15. The van der Waals surface area contributed by atoms with Crippen LogP contribution in [0.4, 0.5) is 0 Å². The summed E-state index contributed by atoms with van der Waals surface area (Å²) in [5.41, 5.74) is 1.86. The highest BCUT2D eigenvalue weighted by molar-refractivity contribution is 7.98. The van der Waals surface area contributed by atoms with Gasteiger partial charge in [0.2, 0.25) is 0 Å². The van der Waals surface area contributed by atoms with Gasteiger partial charge in [-0.25, -0.2) is 0 Å². The van der Waals surface area contributed by atoms with E-state index in [0.717, 1.165) is 42.5 Å². The molecule has 23 heavy (non-hydrogen) atoms. The predicted octanol–water partition coefficient (Wildman–Crippen LogP) is 2.20. The first-order valence-corrected chi connectivity index (χ1v) is 9.37. The predicted molar refractivity (Wildman–Crippen MR) is 100 cm³/mol. The first-order chi connectivity index (χ1) is 11.2. The highest BCUT2D eigenvalue weighted by Gasteiger charge is 2.11. The van der Waals surface area contributed by atoms with Gasteiger partial charge in [-0.15, -0.1) is 0 Å². The summed E-state index contributed by atoms with van der Waals surface area (Å²) < 4.78 is 0. The number of benzene rings is 1. The second-order valence-corrected chi connectivity index (χ2v) is 6.01. The fraction of sp³-hybridized carbons (Fsp3) is 0.529. The van der Waals surface area contributed by atoms with Gasteiger partial charge in [0.25, 0.3) is 5.91 Å². The Hall–Kier alpha value is -1.69. The zero-order chi connectivity index (χ0) is 17.1. The Kier molecular flexibility index (Phi) is 9.21. The average Bonchev–Trinajstić information content (AvgIpc) is 2.59. The molecule has 6 heteroatoms. The molecule has 0 aliphatic heterocycles. The zero-order valence-corrected chi connectivity index (χ0v) is 15.4. The maximum absolute atomic E-state index is 12.3. The van der Waals surface area contributed by atoms with Gasteiger partial charge in [-0.05, 0) is 37.8 Å². The molecule has 0 fully saturated rings. The van der Waals surface area contributed by atoms with E-state index in [1.165, 1.54) is 0 Å². The van der Waals surface area contributed by atoms with Crippen LogP contribution in [0.1, 0.15) is 29.8 Å². The molecule has 0 heterocycles. The number of hydrogen-bond donors (Lipinski definition) is 2. The number of hydrogen-bond acceptors (Lipinski definition) is 3. The number of nitrogens with one attached hydrogen (secondary N) is 2. The van der Waals surface area contributed by atoms with Crippen LogP contribution < -0.4 is 10.6 Å². The SMILES string of the molecule is CCN(CC)C(=O)c1ccc(CNC(=NC)NCCSC)cc1. The van der Waals surface area contributed by atoms with Crippen molar-refractivity contribution >= 4 is 23.6 Å². The monoisotopic (exact) mass is 336 g/mol. The van der Waals surface area contributed by atoms with Crippen molar-refractivity contribution in [1.82, 2.24) is 15.5 Å². The minimum Gasteiger partial charge on any atom is -0.356 e. The van der Waals surface area contributed by atoms with E-state index in [9.17, 15) is 4.79 Å². The van der Waals surface area contributed by atoms with Gasteiger partial charge in [0.15, 0.2) is 5.96 Å². The Balaban J connectivity index is 2.55. The molecule has 0 saturated carbocycles. The van der Waals surface area contributed by atoms with Crippen molar-refractivity contribution in [3.05, 3.63) is 35.4 Å². The molecule has 0 unspecified atom stereocenters. The molecule has 2 N–H and O–H groups in total. The number of thioether (sulfide) groups is 1. The van der Waals surface area contributed by atoms with Crippen LogP contribution in [0.25, 0.3) is 0 Å². The molecule has 0 radical (unpaired) electrons. The average molecular weight is 337 g/mol. The van der Waals surface area contributed by atoms with Gasteiger partial charge in [-0.3, -0.25) is 9.79 Å². The first-order valence-electron chi connectivity index (χ1n) is 7.97. The van der Waals surface area contributed by atoms with Crippen LogP contribution in [0.2, 0.25) is 0 Å². The number of carbonyl (C=O) groups is 1. The Morgan fingerprint density at radius 3 is 2.35 bits per heavy atom. The quantitative estimate of drug-likeness (QED) is 0.434. The van der Waals surface area contributed by atoms with Crippen LogP contribution in [0.15, 0.2) is 29.3 Å². The van der Waals surface area contributed by atoms with E-state index < -0.39 is 0 Å². The molecular formula is C17H28N4OS. The van der Waals surface area contributed by atoms with Gasteiger partial charge in [-0.1, -0.05) is 12.1 Å². The van der Waals surface area contributed by atoms with Crippen molar-refractivity contribution in [2.24, 2.45) is 4.99 Å². The number of amides is 1. The molecule has 0 aliphatic rings. The van der Waals surface area contributed by atoms with E-state index in [0.29, 0.717) is 6.54 Å².